The molecule has 1 aromatic heterocycles. The van der Waals surface area contributed by atoms with Gasteiger partial charge in [0.15, 0.2) is 5.69 Å². The number of methoxy groups -OCH3 is 1. The van der Waals surface area contributed by atoms with Crippen molar-refractivity contribution in [1.29, 1.82) is 0 Å². The molecule has 0 saturated heterocycles. The van der Waals surface area contributed by atoms with Crippen molar-refractivity contribution >= 4 is 27.3 Å². The Kier molecular flexibility index (Phi) is 7.91. The summed E-state index contributed by atoms with van der Waals surface area (Å²) in [4.78, 5) is 16.2. The van der Waals surface area contributed by atoms with Gasteiger partial charge in [0.25, 0.3) is 0 Å². The first kappa shape index (κ1) is 24.6. The number of rotatable bonds is 10. The quantitative estimate of drug-likeness (QED) is 0.283. The number of carbonyl (C=O) groups excluding carboxylic acids is 1. The van der Waals surface area contributed by atoms with E-state index in [9.17, 15) is 13.2 Å². The van der Waals surface area contributed by atoms with Crippen molar-refractivity contribution in [2.24, 2.45) is 0 Å². The predicted molar refractivity (Wildman–Crippen MR) is 134 cm³/mol. The number of aromatic nitrogens is 1. The van der Waals surface area contributed by atoms with Gasteiger partial charge in [-0.2, -0.15) is 4.31 Å². The van der Waals surface area contributed by atoms with Gasteiger partial charge in [0.1, 0.15) is 17.4 Å². The largest absolute Gasteiger partial charge is 0.489 e. The molecule has 0 spiro atoms. The fourth-order valence-electron chi connectivity index (χ4n) is 3.34. The van der Waals surface area contributed by atoms with Gasteiger partial charge in [-0.05, 0) is 35.4 Å². The molecule has 0 N–H and O–H groups in total. The van der Waals surface area contributed by atoms with Crippen molar-refractivity contribution in [3.63, 3.8) is 0 Å². The van der Waals surface area contributed by atoms with Crippen molar-refractivity contribution in [2.75, 3.05) is 7.11 Å². The molecule has 0 bridgehead atoms. The minimum absolute atomic E-state index is 0.0190. The van der Waals surface area contributed by atoms with Crippen LogP contribution in [0.1, 0.15) is 26.6 Å². The Hall–Kier alpha value is -3.53. The van der Waals surface area contributed by atoms with Crippen molar-refractivity contribution in [3.05, 3.63) is 112 Å². The van der Waals surface area contributed by atoms with Crippen molar-refractivity contribution in [1.82, 2.24) is 9.29 Å². The molecule has 0 aliphatic heterocycles. The lowest BCUT2D eigenvalue weighted by molar-refractivity contribution is 0.0594. The van der Waals surface area contributed by atoms with Gasteiger partial charge < -0.3 is 9.47 Å². The summed E-state index contributed by atoms with van der Waals surface area (Å²) in [5.41, 5.74) is 2.01. The third-order valence-electron chi connectivity index (χ3n) is 5.17. The number of sulfonamides is 1. The molecular weight excluding hydrogens is 484 g/mol. The smallest absolute Gasteiger partial charge is 0.357 e. The van der Waals surface area contributed by atoms with Gasteiger partial charge in [0, 0.05) is 11.9 Å². The highest BCUT2D eigenvalue weighted by Crippen LogP contribution is 2.24. The molecule has 4 aromatic rings. The zero-order valence-corrected chi connectivity index (χ0v) is 20.7. The lowest BCUT2D eigenvalue weighted by Gasteiger charge is -2.21. The third-order valence-corrected chi connectivity index (χ3v) is 7.81. The van der Waals surface area contributed by atoms with E-state index in [4.69, 9.17) is 9.47 Å². The van der Waals surface area contributed by atoms with Gasteiger partial charge in [-0.3, -0.25) is 0 Å². The Labute approximate surface area is 208 Å². The first-order valence-electron chi connectivity index (χ1n) is 10.8. The van der Waals surface area contributed by atoms with E-state index in [1.54, 1.807) is 35.7 Å². The highest BCUT2D eigenvalue weighted by Gasteiger charge is 2.26. The maximum absolute atomic E-state index is 13.5. The van der Waals surface area contributed by atoms with Gasteiger partial charge >= 0.3 is 5.97 Å². The Balaban J connectivity index is 1.53. The molecule has 0 atom stereocenters. The summed E-state index contributed by atoms with van der Waals surface area (Å²) in [5, 5.41) is 2.06. The number of carbonyl (C=O) groups is 1. The van der Waals surface area contributed by atoms with Crippen LogP contribution in [0.15, 0.2) is 95.2 Å². The van der Waals surface area contributed by atoms with Crippen molar-refractivity contribution < 1.29 is 22.7 Å². The number of esters is 1. The van der Waals surface area contributed by atoms with Crippen molar-refractivity contribution in [3.8, 4) is 5.75 Å². The normalized spacial score (nSPS) is 11.4. The molecule has 0 unspecified atom stereocenters. The first-order valence-corrected chi connectivity index (χ1v) is 13.1. The summed E-state index contributed by atoms with van der Waals surface area (Å²) < 4.78 is 38.8. The highest BCUT2D eigenvalue weighted by molar-refractivity contribution is 7.89. The van der Waals surface area contributed by atoms with Gasteiger partial charge in [-0.15, -0.1) is 11.3 Å². The molecule has 0 aliphatic rings. The van der Waals surface area contributed by atoms with E-state index in [0.29, 0.717) is 17.4 Å². The number of hydrogen-bond donors (Lipinski definition) is 0. The standard InChI is InChI=1S/C26H24N2O5S2/c1-32-26(29)24-19-34-25(27-24)17-28(35(30,31)23-10-6-3-7-11-23)16-20-12-14-22(15-13-20)33-18-21-8-4-2-5-9-21/h2-15,19H,16-18H2,1H3. The number of nitrogens with zero attached hydrogens (tertiary/aromatic N) is 2. The summed E-state index contributed by atoms with van der Waals surface area (Å²) in [6.45, 7) is 0.593. The Morgan fingerprint density at radius 2 is 1.54 bits per heavy atom. The monoisotopic (exact) mass is 508 g/mol. The minimum Gasteiger partial charge on any atom is -0.489 e. The predicted octanol–water partition coefficient (Wildman–Crippen LogP) is 4.90. The molecule has 9 heteroatoms. The van der Waals surface area contributed by atoms with Crippen LogP contribution >= 0.6 is 11.3 Å². The van der Waals surface area contributed by atoms with Crippen LogP contribution in [0.3, 0.4) is 0 Å². The highest BCUT2D eigenvalue weighted by atomic mass is 32.2. The second kappa shape index (κ2) is 11.3. The number of ether oxygens (including phenoxy) is 2. The van der Waals surface area contributed by atoms with E-state index < -0.39 is 16.0 Å². The molecule has 0 fully saturated rings. The van der Waals surface area contributed by atoms with Crippen molar-refractivity contribution in [2.45, 2.75) is 24.6 Å². The van der Waals surface area contributed by atoms with Crippen LogP contribution in [-0.4, -0.2) is 30.8 Å². The average molecular weight is 509 g/mol. The van der Waals surface area contributed by atoms with Crippen LogP contribution in [0.5, 0.6) is 5.75 Å². The first-order chi connectivity index (χ1) is 17.0. The minimum atomic E-state index is -3.82. The molecule has 0 aliphatic carbocycles. The van der Waals surface area contributed by atoms with Gasteiger partial charge in [-0.1, -0.05) is 60.7 Å². The molecule has 7 nitrogen and oxygen atoms in total. The summed E-state index contributed by atoms with van der Waals surface area (Å²) in [7, 11) is -2.54. The lowest BCUT2D eigenvalue weighted by atomic mass is 10.2. The van der Waals surface area contributed by atoms with Crippen LogP contribution < -0.4 is 4.74 Å². The average Bonchev–Trinajstić information content (AvgIpc) is 3.37. The van der Waals surface area contributed by atoms with E-state index in [1.165, 1.54) is 22.8 Å². The van der Waals surface area contributed by atoms with E-state index in [1.807, 2.05) is 54.6 Å². The van der Waals surface area contributed by atoms with Crippen LogP contribution in [0.25, 0.3) is 0 Å². The molecule has 1 heterocycles. The molecule has 3 aromatic carbocycles. The number of hydrogen-bond acceptors (Lipinski definition) is 7. The van der Waals surface area contributed by atoms with Gasteiger partial charge in [0.05, 0.1) is 18.6 Å². The number of benzene rings is 3. The van der Waals surface area contributed by atoms with Crippen LogP contribution in [0, 0.1) is 0 Å². The van der Waals surface area contributed by atoms with Crippen LogP contribution in [-0.2, 0) is 34.5 Å². The molecule has 35 heavy (non-hydrogen) atoms. The maximum atomic E-state index is 13.5. The van der Waals surface area contributed by atoms with E-state index in [2.05, 4.69) is 4.98 Å². The van der Waals surface area contributed by atoms with Crippen LogP contribution in [0.2, 0.25) is 0 Å². The Bertz CT molecular complexity index is 1360. The maximum Gasteiger partial charge on any atom is 0.357 e. The Morgan fingerprint density at radius 1 is 0.886 bits per heavy atom. The summed E-state index contributed by atoms with van der Waals surface area (Å²) in [6.07, 6.45) is 0. The van der Waals surface area contributed by atoms with Gasteiger partial charge in [-0.25, -0.2) is 18.2 Å². The van der Waals surface area contributed by atoms with Gasteiger partial charge in [0.2, 0.25) is 10.0 Å². The number of thiazole rings is 1. The molecule has 0 amide bonds. The van der Waals surface area contributed by atoms with E-state index in [-0.39, 0.29) is 23.7 Å². The third kappa shape index (κ3) is 6.33. The molecular formula is C26H24N2O5S2. The van der Waals surface area contributed by atoms with E-state index >= 15 is 0 Å². The SMILES string of the molecule is COC(=O)c1csc(CN(Cc2ccc(OCc3ccccc3)cc2)S(=O)(=O)c2ccccc2)n1. The second-order valence-corrected chi connectivity index (χ2v) is 10.5. The molecule has 0 saturated carbocycles. The van der Waals surface area contributed by atoms with E-state index in [0.717, 1.165) is 11.1 Å². The molecule has 4 rings (SSSR count). The fourth-order valence-corrected chi connectivity index (χ4v) is 5.61. The summed E-state index contributed by atoms with van der Waals surface area (Å²) >= 11 is 1.21. The zero-order valence-electron chi connectivity index (χ0n) is 19.0. The lowest BCUT2D eigenvalue weighted by Crippen LogP contribution is -2.30. The molecule has 0 radical (unpaired) electrons. The second-order valence-electron chi connectivity index (χ2n) is 7.62. The fraction of sp³-hybridized carbons (Fsp3) is 0.154. The molecule has 180 valence electrons. The van der Waals surface area contributed by atoms with Crippen LogP contribution in [0.4, 0.5) is 0 Å². The topological polar surface area (TPSA) is 85.8 Å². The zero-order chi connectivity index (χ0) is 24.7. The summed E-state index contributed by atoms with van der Waals surface area (Å²) in [6, 6.07) is 25.4. The Morgan fingerprint density at radius 3 is 2.20 bits per heavy atom. The summed E-state index contributed by atoms with van der Waals surface area (Å²) in [5.74, 6) is 0.133.